The van der Waals surface area contributed by atoms with Crippen molar-refractivity contribution in [1.82, 2.24) is 15.5 Å². The standard InChI is InChI=1S/C15H22N4O3/c1-5-16-13(20)8-19(6-2)9-14-17-18-15(22-14)12-7-10(3)21-11(12)4/h7H,5-6,8-9H2,1-4H3,(H,16,20)/p+1. The van der Waals surface area contributed by atoms with Crippen LogP contribution in [0, 0.1) is 13.8 Å². The van der Waals surface area contributed by atoms with E-state index in [0.717, 1.165) is 28.5 Å². The molecule has 0 saturated heterocycles. The van der Waals surface area contributed by atoms with Crippen LogP contribution in [0.2, 0.25) is 0 Å². The molecule has 7 heteroatoms. The molecule has 1 unspecified atom stereocenters. The summed E-state index contributed by atoms with van der Waals surface area (Å²) in [6, 6.07) is 1.88. The largest absolute Gasteiger partial charge is 0.466 e. The Bertz CT molecular complexity index is 633. The molecule has 2 aromatic heterocycles. The Hall–Kier alpha value is -2.15. The maximum absolute atomic E-state index is 11.7. The van der Waals surface area contributed by atoms with Crippen molar-refractivity contribution in [1.29, 1.82) is 0 Å². The number of furan rings is 1. The molecule has 0 fully saturated rings. The summed E-state index contributed by atoms with van der Waals surface area (Å²) in [5, 5.41) is 10.9. The van der Waals surface area contributed by atoms with Crippen molar-refractivity contribution in [3.63, 3.8) is 0 Å². The summed E-state index contributed by atoms with van der Waals surface area (Å²) < 4.78 is 11.2. The van der Waals surface area contributed by atoms with E-state index in [1.165, 1.54) is 0 Å². The number of nitrogens with zero attached hydrogens (tertiary/aromatic N) is 2. The lowest BCUT2D eigenvalue weighted by Gasteiger charge is -2.14. The van der Waals surface area contributed by atoms with Crippen LogP contribution < -0.4 is 10.2 Å². The maximum Gasteiger partial charge on any atom is 0.275 e. The van der Waals surface area contributed by atoms with Crippen molar-refractivity contribution in [3.05, 3.63) is 23.5 Å². The average molecular weight is 307 g/mol. The van der Waals surface area contributed by atoms with Gasteiger partial charge in [0.1, 0.15) is 11.5 Å². The van der Waals surface area contributed by atoms with Crippen LogP contribution in [0.1, 0.15) is 31.3 Å². The highest BCUT2D eigenvalue weighted by Crippen LogP contribution is 2.25. The number of aryl methyl sites for hydroxylation is 2. The van der Waals surface area contributed by atoms with Gasteiger partial charge in [-0.3, -0.25) is 4.79 Å². The number of quaternary nitrogens is 1. The van der Waals surface area contributed by atoms with Gasteiger partial charge in [-0.15, -0.1) is 10.2 Å². The van der Waals surface area contributed by atoms with E-state index >= 15 is 0 Å². The minimum Gasteiger partial charge on any atom is -0.466 e. The van der Waals surface area contributed by atoms with Crippen molar-refractivity contribution >= 4 is 5.91 Å². The van der Waals surface area contributed by atoms with E-state index in [-0.39, 0.29) is 5.91 Å². The lowest BCUT2D eigenvalue weighted by molar-refractivity contribution is -0.905. The number of hydrogen-bond donors (Lipinski definition) is 2. The van der Waals surface area contributed by atoms with Gasteiger partial charge in [0.2, 0.25) is 0 Å². The van der Waals surface area contributed by atoms with Gasteiger partial charge in [0.15, 0.2) is 13.1 Å². The van der Waals surface area contributed by atoms with E-state index < -0.39 is 0 Å². The number of aromatic nitrogens is 2. The third-order valence-electron chi connectivity index (χ3n) is 3.42. The maximum atomic E-state index is 11.7. The molecule has 0 saturated carbocycles. The van der Waals surface area contributed by atoms with Gasteiger partial charge in [0.05, 0.1) is 12.1 Å². The highest BCUT2D eigenvalue weighted by Gasteiger charge is 2.19. The Morgan fingerprint density at radius 3 is 2.64 bits per heavy atom. The fraction of sp³-hybridized carbons (Fsp3) is 0.533. The molecule has 0 bridgehead atoms. The highest BCUT2D eigenvalue weighted by molar-refractivity contribution is 5.76. The summed E-state index contributed by atoms with van der Waals surface area (Å²) in [6.07, 6.45) is 0. The first kappa shape index (κ1) is 16.2. The molecule has 2 N–H and O–H groups in total. The molecule has 2 rings (SSSR count). The summed E-state index contributed by atoms with van der Waals surface area (Å²) in [7, 11) is 0. The van der Waals surface area contributed by atoms with Crippen LogP contribution in [0.4, 0.5) is 0 Å². The van der Waals surface area contributed by atoms with Crippen LogP contribution >= 0.6 is 0 Å². The summed E-state index contributed by atoms with van der Waals surface area (Å²) >= 11 is 0. The first-order valence-electron chi connectivity index (χ1n) is 7.53. The number of carbonyl (C=O) groups excluding carboxylic acids is 1. The van der Waals surface area contributed by atoms with Gasteiger partial charge in [-0.25, -0.2) is 0 Å². The predicted molar refractivity (Wildman–Crippen MR) is 80.2 cm³/mol. The molecule has 2 heterocycles. The van der Waals surface area contributed by atoms with Crippen LogP contribution in [-0.4, -0.2) is 35.7 Å². The SMILES string of the molecule is CCNC(=O)C[NH+](CC)Cc1nnc(-c2cc(C)oc2C)o1. The second-order valence-electron chi connectivity index (χ2n) is 5.24. The molecule has 2 aromatic rings. The lowest BCUT2D eigenvalue weighted by Crippen LogP contribution is -3.11. The minimum atomic E-state index is 0.0281. The summed E-state index contributed by atoms with van der Waals surface area (Å²) in [6.45, 7) is 10.0. The number of carbonyl (C=O) groups is 1. The van der Waals surface area contributed by atoms with Gasteiger partial charge < -0.3 is 19.1 Å². The van der Waals surface area contributed by atoms with Crippen LogP contribution in [0.15, 0.2) is 14.9 Å². The Morgan fingerprint density at radius 2 is 2.05 bits per heavy atom. The highest BCUT2D eigenvalue weighted by atomic mass is 16.4. The van der Waals surface area contributed by atoms with E-state index in [0.29, 0.717) is 31.4 Å². The monoisotopic (exact) mass is 307 g/mol. The summed E-state index contributed by atoms with van der Waals surface area (Å²) in [5.74, 6) is 2.58. The van der Waals surface area contributed by atoms with Crippen LogP contribution in [-0.2, 0) is 11.3 Å². The molecule has 22 heavy (non-hydrogen) atoms. The first-order chi connectivity index (χ1) is 10.5. The number of nitrogens with one attached hydrogen (secondary N) is 2. The number of amides is 1. The Balaban J connectivity index is 2.04. The molecule has 0 aliphatic heterocycles. The Kier molecular flexibility index (Phi) is 5.32. The van der Waals surface area contributed by atoms with Crippen LogP contribution in [0.5, 0.6) is 0 Å². The molecular weight excluding hydrogens is 284 g/mol. The fourth-order valence-electron chi connectivity index (χ4n) is 2.29. The molecule has 1 atom stereocenters. The number of rotatable bonds is 7. The predicted octanol–water partition coefficient (Wildman–Crippen LogP) is 0.487. The molecule has 0 aliphatic carbocycles. The van der Waals surface area contributed by atoms with Crippen LogP contribution in [0.3, 0.4) is 0 Å². The molecule has 7 nitrogen and oxygen atoms in total. The normalized spacial score (nSPS) is 12.4. The third kappa shape index (κ3) is 3.94. The van der Waals surface area contributed by atoms with Crippen molar-refractivity contribution in [2.45, 2.75) is 34.2 Å². The van der Waals surface area contributed by atoms with E-state index in [4.69, 9.17) is 8.83 Å². The molecule has 120 valence electrons. The smallest absolute Gasteiger partial charge is 0.275 e. The van der Waals surface area contributed by atoms with Gasteiger partial charge in [0.25, 0.3) is 17.7 Å². The zero-order valence-electron chi connectivity index (χ0n) is 13.5. The van der Waals surface area contributed by atoms with E-state index in [1.807, 2.05) is 33.8 Å². The Labute approximate surface area is 129 Å². The average Bonchev–Trinajstić information content (AvgIpc) is 3.04. The van der Waals surface area contributed by atoms with Crippen molar-refractivity contribution in [3.8, 4) is 11.5 Å². The van der Waals surface area contributed by atoms with Crippen LogP contribution in [0.25, 0.3) is 11.5 Å². The second kappa shape index (κ2) is 7.22. The molecule has 0 spiro atoms. The zero-order valence-corrected chi connectivity index (χ0v) is 13.5. The van der Waals surface area contributed by atoms with E-state index in [2.05, 4.69) is 15.5 Å². The van der Waals surface area contributed by atoms with Gasteiger partial charge in [-0.1, -0.05) is 0 Å². The summed E-state index contributed by atoms with van der Waals surface area (Å²) in [5.41, 5.74) is 0.818. The van der Waals surface area contributed by atoms with Crippen molar-refractivity contribution < 1.29 is 18.5 Å². The van der Waals surface area contributed by atoms with Gasteiger partial charge >= 0.3 is 0 Å². The first-order valence-corrected chi connectivity index (χ1v) is 7.53. The fourth-order valence-corrected chi connectivity index (χ4v) is 2.29. The topological polar surface area (TPSA) is 85.6 Å². The second-order valence-corrected chi connectivity index (χ2v) is 5.24. The quantitative estimate of drug-likeness (QED) is 0.777. The van der Waals surface area contributed by atoms with E-state index in [1.54, 1.807) is 0 Å². The minimum absolute atomic E-state index is 0.0281. The third-order valence-corrected chi connectivity index (χ3v) is 3.42. The van der Waals surface area contributed by atoms with Gasteiger partial charge in [0, 0.05) is 6.54 Å². The van der Waals surface area contributed by atoms with Crippen molar-refractivity contribution in [2.24, 2.45) is 0 Å². The van der Waals surface area contributed by atoms with E-state index in [9.17, 15) is 4.79 Å². The number of hydrogen-bond acceptors (Lipinski definition) is 5. The molecule has 0 radical (unpaired) electrons. The number of likely N-dealkylation sites (N-methyl/N-ethyl adjacent to an activating group) is 2. The molecule has 0 aliphatic rings. The molecular formula is C15H23N4O3+. The molecule has 1 amide bonds. The zero-order chi connectivity index (χ0) is 16.1. The van der Waals surface area contributed by atoms with Gasteiger partial charge in [-0.05, 0) is 33.8 Å². The van der Waals surface area contributed by atoms with Gasteiger partial charge in [-0.2, -0.15) is 0 Å². The summed E-state index contributed by atoms with van der Waals surface area (Å²) in [4.78, 5) is 12.7. The van der Waals surface area contributed by atoms with Crippen molar-refractivity contribution in [2.75, 3.05) is 19.6 Å². The lowest BCUT2D eigenvalue weighted by atomic mass is 10.2. The Morgan fingerprint density at radius 1 is 1.27 bits per heavy atom. The molecule has 0 aromatic carbocycles.